The number of amides is 3. The van der Waals surface area contributed by atoms with Crippen LogP contribution in [0.25, 0.3) is 0 Å². The van der Waals surface area contributed by atoms with Crippen LogP contribution < -0.4 is 5.32 Å². The lowest BCUT2D eigenvalue weighted by atomic mass is 10.1. The van der Waals surface area contributed by atoms with Crippen molar-refractivity contribution in [3.8, 4) is 0 Å². The molecule has 0 spiro atoms. The molecule has 3 aliphatic rings. The van der Waals surface area contributed by atoms with Crippen molar-refractivity contribution >= 4 is 11.9 Å². The number of nitrogens with one attached hydrogen (secondary N) is 1. The first kappa shape index (κ1) is 18.4. The summed E-state index contributed by atoms with van der Waals surface area (Å²) in [5.74, 6) is -0.0511. The van der Waals surface area contributed by atoms with Crippen LogP contribution in [0.4, 0.5) is 4.79 Å². The van der Waals surface area contributed by atoms with Crippen LogP contribution in [0.3, 0.4) is 0 Å². The molecule has 27 heavy (non-hydrogen) atoms. The summed E-state index contributed by atoms with van der Waals surface area (Å²) in [4.78, 5) is 33.5. The molecule has 1 aromatic rings. The molecule has 3 heterocycles. The van der Waals surface area contributed by atoms with Crippen molar-refractivity contribution in [2.24, 2.45) is 0 Å². The van der Waals surface area contributed by atoms with Gasteiger partial charge in [0.25, 0.3) is 5.91 Å². The number of likely N-dealkylation sites (N-methyl/N-ethyl adjacent to an activating group) is 1. The van der Waals surface area contributed by atoms with Gasteiger partial charge in [-0.25, -0.2) is 4.79 Å². The van der Waals surface area contributed by atoms with E-state index in [0.717, 1.165) is 38.9 Å². The van der Waals surface area contributed by atoms with Gasteiger partial charge in [-0.05, 0) is 24.8 Å². The molecule has 7 nitrogen and oxygen atoms in total. The summed E-state index contributed by atoms with van der Waals surface area (Å²) in [6.45, 7) is 5.30. The maximum atomic E-state index is 13.1. The normalized spacial score (nSPS) is 29.2. The zero-order valence-electron chi connectivity index (χ0n) is 16.2. The summed E-state index contributed by atoms with van der Waals surface area (Å²) in [7, 11) is 1.80. The lowest BCUT2D eigenvalue weighted by Crippen LogP contribution is -2.66. The molecule has 4 rings (SSSR count). The molecular weight excluding hydrogens is 342 g/mol. The fourth-order valence-electron chi connectivity index (χ4n) is 4.57. The monoisotopic (exact) mass is 371 g/mol. The van der Waals surface area contributed by atoms with Crippen LogP contribution in [0, 0.1) is 0 Å². The largest absolute Gasteiger partial charge is 0.327 e. The molecule has 7 heteroatoms. The predicted molar refractivity (Wildman–Crippen MR) is 103 cm³/mol. The molecule has 0 saturated carbocycles. The molecule has 3 fully saturated rings. The van der Waals surface area contributed by atoms with Crippen LogP contribution in [-0.2, 0) is 11.2 Å². The highest BCUT2D eigenvalue weighted by molar-refractivity contribution is 6.00. The summed E-state index contributed by atoms with van der Waals surface area (Å²) < 4.78 is 0. The topological polar surface area (TPSA) is 59.1 Å². The number of hydrogen-bond donors (Lipinski definition) is 1. The third-order valence-corrected chi connectivity index (χ3v) is 5.94. The second-order valence-electron chi connectivity index (χ2n) is 7.68. The lowest BCUT2D eigenvalue weighted by molar-refractivity contribution is -0.140. The molecule has 3 atom stereocenters. The van der Waals surface area contributed by atoms with Crippen LogP contribution in [0.5, 0.6) is 0 Å². The van der Waals surface area contributed by atoms with Gasteiger partial charge in [0, 0.05) is 33.2 Å². The van der Waals surface area contributed by atoms with E-state index >= 15 is 0 Å². The fourth-order valence-corrected chi connectivity index (χ4v) is 4.57. The maximum Gasteiger partial charge on any atom is 0.327 e. The maximum absolute atomic E-state index is 13.1. The van der Waals surface area contributed by atoms with Gasteiger partial charge in [0.15, 0.2) is 0 Å². The Hall–Kier alpha value is -1.96. The Labute approximate surface area is 160 Å². The molecule has 0 bridgehead atoms. The van der Waals surface area contributed by atoms with Crippen molar-refractivity contribution in [3.63, 3.8) is 0 Å². The van der Waals surface area contributed by atoms with Crippen LogP contribution in [0.2, 0.25) is 0 Å². The number of urea groups is 1. The first-order valence-electron chi connectivity index (χ1n) is 9.99. The summed E-state index contributed by atoms with van der Waals surface area (Å²) in [5.41, 5.74) is 1.32. The van der Waals surface area contributed by atoms with Gasteiger partial charge in [0.1, 0.15) is 18.5 Å². The van der Waals surface area contributed by atoms with Crippen molar-refractivity contribution in [1.82, 2.24) is 24.9 Å². The first-order valence-corrected chi connectivity index (χ1v) is 9.99. The number of carbonyl (C=O) groups is 2. The lowest BCUT2D eigenvalue weighted by Gasteiger charge is -2.43. The Morgan fingerprint density at radius 1 is 1.11 bits per heavy atom. The van der Waals surface area contributed by atoms with E-state index in [9.17, 15) is 9.59 Å². The van der Waals surface area contributed by atoms with Gasteiger partial charge < -0.3 is 4.90 Å². The molecular formula is C20H29N5O2. The quantitative estimate of drug-likeness (QED) is 0.841. The molecule has 3 unspecified atom stereocenters. The Morgan fingerprint density at radius 2 is 1.89 bits per heavy atom. The Kier molecular flexibility index (Phi) is 5.16. The van der Waals surface area contributed by atoms with Crippen LogP contribution in [0.15, 0.2) is 30.3 Å². The number of carbonyl (C=O) groups excluding carboxylic acids is 2. The van der Waals surface area contributed by atoms with Gasteiger partial charge in [-0.2, -0.15) is 0 Å². The Balaban J connectivity index is 1.51. The third-order valence-electron chi connectivity index (χ3n) is 5.94. The highest BCUT2D eigenvalue weighted by Crippen LogP contribution is 2.30. The molecule has 0 radical (unpaired) electrons. The smallest absolute Gasteiger partial charge is 0.310 e. The molecule has 0 aromatic heterocycles. The molecule has 3 aliphatic heterocycles. The average Bonchev–Trinajstić information content (AvgIpc) is 3.09. The highest BCUT2D eigenvalue weighted by atomic mass is 16.2. The molecule has 146 valence electrons. The molecule has 3 saturated heterocycles. The Bertz CT molecular complexity index is 697. The Morgan fingerprint density at radius 3 is 2.63 bits per heavy atom. The standard InChI is InChI=1S/C20H29N5O2/c1-3-11-25-18(26)16-17(22(2)20(25)27)21-19-23(12-7-13-24(16)19)14-10-15-8-5-4-6-9-15/h4-6,8-9,16-17,19,21H,3,7,10-14H2,1-2H3. The summed E-state index contributed by atoms with van der Waals surface area (Å²) in [6, 6.07) is 10.0. The second-order valence-corrected chi connectivity index (χ2v) is 7.68. The summed E-state index contributed by atoms with van der Waals surface area (Å²) in [6.07, 6.45) is 2.56. The first-order chi connectivity index (χ1) is 13.1. The summed E-state index contributed by atoms with van der Waals surface area (Å²) >= 11 is 0. The molecule has 1 N–H and O–H groups in total. The number of rotatable bonds is 5. The van der Waals surface area contributed by atoms with E-state index < -0.39 is 0 Å². The van der Waals surface area contributed by atoms with E-state index in [1.54, 1.807) is 11.9 Å². The van der Waals surface area contributed by atoms with E-state index in [-0.39, 0.29) is 30.4 Å². The van der Waals surface area contributed by atoms with Gasteiger partial charge in [-0.1, -0.05) is 37.3 Å². The van der Waals surface area contributed by atoms with Crippen LogP contribution >= 0.6 is 0 Å². The van der Waals surface area contributed by atoms with E-state index in [0.29, 0.717) is 6.54 Å². The predicted octanol–water partition coefficient (Wildman–Crippen LogP) is 1.12. The average molecular weight is 371 g/mol. The third kappa shape index (κ3) is 3.24. The molecule has 3 amide bonds. The van der Waals surface area contributed by atoms with Gasteiger partial charge in [-0.3, -0.25) is 24.8 Å². The van der Waals surface area contributed by atoms with Crippen LogP contribution in [-0.4, -0.2) is 83.3 Å². The molecule has 1 aromatic carbocycles. The SMILES string of the molecule is CCCN1C(=O)C2C(NC3N(CCc4ccccc4)CCCN23)N(C)C1=O. The van der Waals surface area contributed by atoms with Crippen molar-refractivity contribution in [2.45, 2.75) is 44.7 Å². The molecule has 0 aliphatic carbocycles. The van der Waals surface area contributed by atoms with E-state index in [2.05, 4.69) is 39.4 Å². The zero-order chi connectivity index (χ0) is 19.0. The number of fused-ring (bicyclic) bond motifs is 3. The fraction of sp³-hybridized carbons (Fsp3) is 0.600. The highest BCUT2D eigenvalue weighted by Gasteiger charge is 2.55. The van der Waals surface area contributed by atoms with Gasteiger partial charge in [0.2, 0.25) is 0 Å². The van der Waals surface area contributed by atoms with Gasteiger partial charge in [-0.15, -0.1) is 0 Å². The van der Waals surface area contributed by atoms with E-state index in [1.807, 2.05) is 13.0 Å². The van der Waals surface area contributed by atoms with Gasteiger partial charge in [0.05, 0.1) is 0 Å². The number of benzene rings is 1. The van der Waals surface area contributed by atoms with Crippen molar-refractivity contribution < 1.29 is 9.59 Å². The minimum atomic E-state index is -0.288. The van der Waals surface area contributed by atoms with E-state index in [1.165, 1.54) is 10.5 Å². The minimum Gasteiger partial charge on any atom is -0.310 e. The minimum absolute atomic E-state index is 0.0123. The second kappa shape index (κ2) is 7.58. The van der Waals surface area contributed by atoms with Crippen molar-refractivity contribution in [3.05, 3.63) is 35.9 Å². The number of nitrogens with zero attached hydrogens (tertiary/aromatic N) is 4. The summed E-state index contributed by atoms with van der Waals surface area (Å²) in [5, 5.41) is 3.56. The van der Waals surface area contributed by atoms with Crippen LogP contribution in [0.1, 0.15) is 25.3 Å². The van der Waals surface area contributed by atoms with Gasteiger partial charge >= 0.3 is 6.03 Å². The number of imide groups is 1. The van der Waals surface area contributed by atoms with E-state index in [4.69, 9.17) is 0 Å². The number of hydrogen-bond acceptors (Lipinski definition) is 5. The zero-order valence-corrected chi connectivity index (χ0v) is 16.2. The van der Waals surface area contributed by atoms with Crippen molar-refractivity contribution in [1.29, 1.82) is 0 Å². The van der Waals surface area contributed by atoms with Crippen molar-refractivity contribution in [2.75, 3.05) is 33.2 Å².